The van der Waals surface area contributed by atoms with E-state index in [1.807, 2.05) is 0 Å². The Morgan fingerprint density at radius 3 is 1.12 bits per heavy atom. The second kappa shape index (κ2) is 6.43. The molecule has 0 saturated heterocycles. The Labute approximate surface area is 56.0 Å². The summed E-state index contributed by atoms with van der Waals surface area (Å²) in [7, 11) is 0. The average Bonchev–Trinajstić information content (AvgIpc) is 1.36. The van der Waals surface area contributed by atoms with Crippen LogP contribution in [0.3, 0.4) is 0 Å². The van der Waals surface area contributed by atoms with E-state index >= 15 is 0 Å². The normalized spacial score (nSPS) is 5.50. The van der Waals surface area contributed by atoms with Gasteiger partial charge in [-0.3, -0.25) is 0 Å². The van der Waals surface area contributed by atoms with Gasteiger partial charge < -0.3 is 16.4 Å². The number of aliphatic carboxylic acids is 2. The SMILES string of the molecule is N.O=C(O)C(=O)O.[AlH3]. The van der Waals surface area contributed by atoms with Crippen LogP contribution in [0.2, 0.25) is 0 Å². The van der Waals surface area contributed by atoms with Crippen LogP contribution in [0.5, 0.6) is 0 Å². The van der Waals surface area contributed by atoms with Crippen molar-refractivity contribution in [2.45, 2.75) is 0 Å². The van der Waals surface area contributed by atoms with Gasteiger partial charge in [0.2, 0.25) is 0 Å². The molecule has 0 aromatic carbocycles. The third kappa shape index (κ3) is 9.06. The minimum Gasteiger partial charge on any atom is -0.473 e. The fourth-order valence-electron chi connectivity index (χ4n) is 0. The molecule has 0 spiro atoms. The molecule has 0 amide bonds. The lowest BCUT2D eigenvalue weighted by Gasteiger charge is -1.72. The van der Waals surface area contributed by atoms with E-state index in [9.17, 15) is 0 Å². The molecule has 8 heavy (non-hydrogen) atoms. The number of rotatable bonds is 0. The molecule has 48 valence electrons. The maximum absolute atomic E-state index is 9.10. The summed E-state index contributed by atoms with van der Waals surface area (Å²) in [4.78, 5) is 18.2. The van der Waals surface area contributed by atoms with Crippen LogP contribution in [0.1, 0.15) is 0 Å². The Balaban J connectivity index is -0.000000125. The van der Waals surface area contributed by atoms with Crippen molar-refractivity contribution in [1.82, 2.24) is 6.15 Å². The smallest absolute Gasteiger partial charge is 0.414 e. The van der Waals surface area contributed by atoms with Gasteiger partial charge in [-0.2, -0.15) is 0 Å². The molecule has 0 saturated carbocycles. The summed E-state index contributed by atoms with van der Waals surface area (Å²) in [5.41, 5.74) is 0. The van der Waals surface area contributed by atoms with Crippen LogP contribution in [-0.2, 0) is 9.59 Å². The fourth-order valence-corrected chi connectivity index (χ4v) is 0. The zero-order chi connectivity index (χ0) is 5.15. The maximum Gasteiger partial charge on any atom is 0.414 e. The lowest BCUT2D eigenvalue weighted by atomic mass is 10.7. The van der Waals surface area contributed by atoms with Gasteiger partial charge in [0.1, 0.15) is 0 Å². The van der Waals surface area contributed by atoms with E-state index in [4.69, 9.17) is 19.8 Å². The van der Waals surface area contributed by atoms with Gasteiger partial charge in [-0.1, -0.05) is 0 Å². The molecule has 0 aromatic rings. The first-order chi connectivity index (χ1) is 2.64. The first-order valence-electron chi connectivity index (χ1n) is 1.11. The van der Waals surface area contributed by atoms with Gasteiger partial charge in [-0.25, -0.2) is 9.59 Å². The summed E-state index contributed by atoms with van der Waals surface area (Å²) in [6, 6.07) is 0. The van der Waals surface area contributed by atoms with E-state index in [0.717, 1.165) is 0 Å². The van der Waals surface area contributed by atoms with Gasteiger partial charge in [0.25, 0.3) is 0 Å². The van der Waals surface area contributed by atoms with Crippen molar-refractivity contribution in [2.75, 3.05) is 0 Å². The molecule has 0 aliphatic carbocycles. The first kappa shape index (κ1) is 15.7. The van der Waals surface area contributed by atoms with E-state index in [0.29, 0.717) is 0 Å². The Kier molecular flexibility index (Phi) is 12.6. The van der Waals surface area contributed by atoms with Gasteiger partial charge >= 0.3 is 11.9 Å². The summed E-state index contributed by atoms with van der Waals surface area (Å²) in [5.74, 6) is -3.65. The van der Waals surface area contributed by atoms with Crippen LogP contribution >= 0.6 is 0 Å². The number of carboxylic acid groups (broad SMARTS) is 2. The minimum absolute atomic E-state index is 0. The van der Waals surface area contributed by atoms with Crippen molar-refractivity contribution in [3.05, 3.63) is 0 Å². The van der Waals surface area contributed by atoms with Crippen molar-refractivity contribution in [1.29, 1.82) is 0 Å². The summed E-state index contributed by atoms with van der Waals surface area (Å²) in [5, 5.41) is 14.8. The molecule has 5 N–H and O–H groups in total. The van der Waals surface area contributed by atoms with E-state index in [2.05, 4.69) is 0 Å². The zero-order valence-corrected chi connectivity index (χ0v) is 3.42. The van der Waals surface area contributed by atoms with Crippen molar-refractivity contribution in [2.24, 2.45) is 0 Å². The Morgan fingerprint density at radius 1 is 1.00 bits per heavy atom. The van der Waals surface area contributed by atoms with Gasteiger partial charge in [0, 0.05) is 0 Å². The average molecular weight is 137 g/mol. The molecule has 0 atom stereocenters. The molecule has 0 aromatic heterocycles. The molecule has 0 unspecified atom stereocenters. The van der Waals surface area contributed by atoms with E-state index in [-0.39, 0.29) is 23.5 Å². The summed E-state index contributed by atoms with van der Waals surface area (Å²) in [6.07, 6.45) is 0. The topological polar surface area (TPSA) is 110 Å². The van der Waals surface area contributed by atoms with Crippen molar-refractivity contribution < 1.29 is 19.8 Å². The van der Waals surface area contributed by atoms with Crippen LogP contribution in [-0.4, -0.2) is 39.5 Å². The van der Waals surface area contributed by atoms with Crippen LogP contribution in [0.15, 0.2) is 0 Å². The first-order valence-corrected chi connectivity index (χ1v) is 1.11. The van der Waals surface area contributed by atoms with Gasteiger partial charge in [-0.15, -0.1) is 0 Å². The van der Waals surface area contributed by atoms with Crippen LogP contribution in [0.4, 0.5) is 0 Å². The highest BCUT2D eigenvalue weighted by Gasteiger charge is 2.04. The number of carbonyl (C=O) groups is 2. The molecule has 0 rings (SSSR count). The van der Waals surface area contributed by atoms with Gasteiger partial charge in [0.05, 0.1) is 0 Å². The highest BCUT2D eigenvalue weighted by Crippen LogP contribution is 1.56. The molecule has 6 heteroatoms. The second-order valence-corrected chi connectivity index (χ2v) is 0.610. The Morgan fingerprint density at radius 2 is 1.12 bits per heavy atom. The molecule has 0 heterocycles. The quantitative estimate of drug-likeness (QED) is 0.267. The summed E-state index contributed by atoms with van der Waals surface area (Å²) in [6.45, 7) is 0. The van der Waals surface area contributed by atoms with E-state index in [1.54, 1.807) is 0 Å². The zero-order valence-electron chi connectivity index (χ0n) is 3.42. The molecule has 0 aliphatic rings. The number of hydrogen-bond acceptors (Lipinski definition) is 3. The molecular weight excluding hydrogens is 129 g/mol. The molecule has 0 aliphatic heterocycles. The number of carboxylic acids is 2. The van der Waals surface area contributed by atoms with Crippen LogP contribution < -0.4 is 6.15 Å². The van der Waals surface area contributed by atoms with Crippen molar-refractivity contribution in [3.8, 4) is 0 Å². The van der Waals surface area contributed by atoms with Gasteiger partial charge in [0.15, 0.2) is 17.4 Å². The third-order valence-corrected chi connectivity index (χ3v) is 0.183. The molecule has 0 radical (unpaired) electrons. The summed E-state index contributed by atoms with van der Waals surface area (Å²) >= 11 is 0. The van der Waals surface area contributed by atoms with E-state index < -0.39 is 11.9 Å². The lowest BCUT2D eigenvalue weighted by molar-refractivity contribution is -0.159. The predicted octanol–water partition coefficient (Wildman–Crippen LogP) is -1.87. The highest BCUT2D eigenvalue weighted by molar-refractivity contribution is 6.27. The highest BCUT2D eigenvalue weighted by atomic mass is 27.0. The Bertz CT molecular complexity index is 80.0. The minimum atomic E-state index is -1.82. The third-order valence-electron chi connectivity index (χ3n) is 0.183. The van der Waals surface area contributed by atoms with Crippen molar-refractivity contribution in [3.63, 3.8) is 0 Å². The van der Waals surface area contributed by atoms with E-state index in [1.165, 1.54) is 0 Å². The number of hydrogen-bond donors (Lipinski definition) is 3. The monoisotopic (exact) mass is 137 g/mol. The van der Waals surface area contributed by atoms with Gasteiger partial charge in [-0.05, 0) is 0 Å². The summed E-state index contributed by atoms with van der Waals surface area (Å²) < 4.78 is 0. The fraction of sp³-hybridized carbons (Fsp3) is 0. The molecule has 5 nitrogen and oxygen atoms in total. The largest absolute Gasteiger partial charge is 0.473 e. The van der Waals surface area contributed by atoms with Crippen LogP contribution in [0.25, 0.3) is 0 Å². The molecule has 0 bridgehead atoms. The molecular formula is C2H8AlNO4. The van der Waals surface area contributed by atoms with Crippen molar-refractivity contribution >= 4 is 29.3 Å². The Hall–Kier alpha value is -0.568. The maximum atomic E-state index is 9.10. The van der Waals surface area contributed by atoms with Crippen LogP contribution in [0, 0.1) is 0 Å². The predicted molar refractivity (Wildman–Crippen MR) is 30.2 cm³/mol. The molecule has 0 fully saturated rings. The standard InChI is InChI=1S/C2H2O4.Al.H3N.3H/c3-1(4)2(5)6;;;;;/h(H,3,4)(H,5,6);;1H3;;;. The second-order valence-electron chi connectivity index (χ2n) is 0.610. The lowest BCUT2D eigenvalue weighted by Crippen LogP contribution is -2.09.